The molecule has 0 fully saturated rings. The molecule has 0 bridgehead atoms. The Bertz CT molecular complexity index is 380. The summed E-state index contributed by atoms with van der Waals surface area (Å²) < 4.78 is 5.41. The van der Waals surface area contributed by atoms with Crippen LogP contribution in [0.1, 0.15) is 19.4 Å². The van der Waals surface area contributed by atoms with Crippen LogP contribution in [0.4, 0.5) is 0 Å². The normalized spacial score (nSPS) is 11.2. The summed E-state index contributed by atoms with van der Waals surface area (Å²) in [4.78, 5) is 10.5. The highest BCUT2D eigenvalue weighted by Crippen LogP contribution is 2.25. The summed E-state index contributed by atoms with van der Waals surface area (Å²) in [5, 5.41) is 8.65. The molecule has 0 amide bonds. The Labute approximate surface area is 89.0 Å². The van der Waals surface area contributed by atoms with Crippen LogP contribution < -0.4 is 4.74 Å². The second-order valence-electron chi connectivity index (χ2n) is 3.09. The van der Waals surface area contributed by atoms with Crippen molar-refractivity contribution in [3.63, 3.8) is 0 Å². The smallest absolute Gasteiger partial charge is 0.328 e. The second kappa shape index (κ2) is 5.20. The topological polar surface area (TPSA) is 46.5 Å². The van der Waals surface area contributed by atoms with Gasteiger partial charge in [-0.15, -0.1) is 0 Å². The first-order valence-electron chi connectivity index (χ1n) is 4.78. The summed E-state index contributed by atoms with van der Waals surface area (Å²) in [7, 11) is 0. The lowest BCUT2D eigenvalue weighted by Gasteiger charge is -2.09. The minimum Gasteiger partial charge on any atom is -0.493 e. The molecule has 1 rings (SSSR count). The number of carboxylic acids is 1. The van der Waals surface area contributed by atoms with Crippen molar-refractivity contribution in [2.75, 3.05) is 6.61 Å². The van der Waals surface area contributed by atoms with Crippen molar-refractivity contribution in [1.29, 1.82) is 0 Å². The van der Waals surface area contributed by atoms with Crippen LogP contribution in [0.25, 0.3) is 5.57 Å². The van der Waals surface area contributed by atoms with Crippen LogP contribution in [0.3, 0.4) is 0 Å². The molecule has 0 aromatic heterocycles. The van der Waals surface area contributed by atoms with E-state index >= 15 is 0 Å². The van der Waals surface area contributed by atoms with Gasteiger partial charge in [0.25, 0.3) is 0 Å². The number of aliphatic carboxylic acids is 1. The molecule has 0 unspecified atom stereocenters. The van der Waals surface area contributed by atoms with Crippen LogP contribution in [0.5, 0.6) is 5.75 Å². The average Bonchev–Trinajstić information content (AvgIpc) is 2.18. The maximum absolute atomic E-state index is 10.5. The third-order valence-corrected chi connectivity index (χ3v) is 1.95. The SMILES string of the molecule is CCOc1ccccc1/C(C)=C/C(=O)O. The van der Waals surface area contributed by atoms with Gasteiger partial charge in [-0.05, 0) is 25.5 Å². The Hall–Kier alpha value is -1.77. The van der Waals surface area contributed by atoms with E-state index in [9.17, 15) is 4.79 Å². The highest BCUT2D eigenvalue weighted by molar-refractivity contribution is 5.90. The van der Waals surface area contributed by atoms with E-state index in [0.29, 0.717) is 12.2 Å². The molecule has 1 aromatic rings. The first-order valence-corrected chi connectivity index (χ1v) is 4.78. The monoisotopic (exact) mass is 206 g/mol. The maximum Gasteiger partial charge on any atom is 0.328 e. The molecular weight excluding hydrogens is 192 g/mol. The lowest BCUT2D eigenvalue weighted by molar-refractivity contribution is -0.131. The van der Waals surface area contributed by atoms with Gasteiger partial charge < -0.3 is 9.84 Å². The Morgan fingerprint density at radius 2 is 2.13 bits per heavy atom. The van der Waals surface area contributed by atoms with Crippen LogP contribution in [0, 0.1) is 0 Å². The van der Waals surface area contributed by atoms with Gasteiger partial charge in [-0.3, -0.25) is 0 Å². The number of hydrogen-bond donors (Lipinski definition) is 1. The fraction of sp³-hybridized carbons (Fsp3) is 0.250. The summed E-state index contributed by atoms with van der Waals surface area (Å²) in [6.07, 6.45) is 1.18. The molecule has 3 heteroatoms. The van der Waals surface area contributed by atoms with E-state index in [1.807, 2.05) is 31.2 Å². The van der Waals surface area contributed by atoms with Gasteiger partial charge in [-0.25, -0.2) is 4.79 Å². The number of hydrogen-bond acceptors (Lipinski definition) is 2. The number of rotatable bonds is 4. The lowest BCUT2D eigenvalue weighted by atomic mass is 10.1. The van der Waals surface area contributed by atoms with Gasteiger partial charge in [0.1, 0.15) is 5.75 Å². The van der Waals surface area contributed by atoms with Gasteiger partial charge in [0.15, 0.2) is 0 Å². The van der Waals surface area contributed by atoms with Crippen molar-refractivity contribution in [3.8, 4) is 5.75 Å². The third kappa shape index (κ3) is 3.13. The molecule has 15 heavy (non-hydrogen) atoms. The molecule has 0 saturated heterocycles. The second-order valence-corrected chi connectivity index (χ2v) is 3.09. The zero-order chi connectivity index (χ0) is 11.3. The molecule has 0 aliphatic heterocycles. The van der Waals surface area contributed by atoms with Crippen LogP contribution in [0.15, 0.2) is 30.3 Å². The Balaban J connectivity index is 3.07. The molecule has 1 aromatic carbocycles. The molecule has 0 atom stereocenters. The van der Waals surface area contributed by atoms with Gasteiger partial charge in [0.2, 0.25) is 0 Å². The van der Waals surface area contributed by atoms with Crippen molar-refractivity contribution in [3.05, 3.63) is 35.9 Å². The summed E-state index contributed by atoms with van der Waals surface area (Å²) in [6.45, 7) is 4.22. The fourth-order valence-electron chi connectivity index (χ4n) is 1.34. The van der Waals surface area contributed by atoms with Crippen LogP contribution >= 0.6 is 0 Å². The van der Waals surface area contributed by atoms with Crippen molar-refractivity contribution in [2.24, 2.45) is 0 Å². The molecule has 0 aliphatic rings. The quantitative estimate of drug-likeness (QED) is 0.770. The van der Waals surface area contributed by atoms with Gasteiger partial charge in [0.05, 0.1) is 6.61 Å². The molecule has 80 valence electrons. The molecule has 0 aliphatic carbocycles. The van der Waals surface area contributed by atoms with E-state index < -0.39 is 5.97 Å². The zero-order valence-corrected chi connectivity index (χ0v) is 8.86. The minimum atomic E-state index is -0.946. The average molecular weight is 206 g/mol. The molecule has 1 N–H and O–H groups in total. The van der Waals surface area contributed by atoms with Crippen molar-refractivity contribution in [2.45, 2.75) is 13.8 Å². The van der Waals surface area contributed by atoms with Crippen LogP contribution in [-0.2, 0) is 4.79 Å². The van der Waals surface area contributed by atoms with Gasteiger partial charge in [-0.2, -0.15) is 0 Å². The molecule has 3 nitrogen and oxygen atoms in total. The van der Waals surface area contributed by atoms with E-state index in [1.54, 1.807) is 6.92 Å². The predicted octanol–water partition coefficient (Wildman–Crippen LogP) is 2.57. The summed E-state index contributed by atoms with van der Waals surface area (Å²) in [6, 6.07) is 7.40. The van der Waals surface area contributed by atoms with Crippen LogP contribution in [0.2, 0.25) is 0 Å². The first kappa shape index (κ1) is 11.3. The molecular formula is C12H14O3. The van der Waals surface area contributed by atoms with Gasteiger partial charge >= 0.3 is 5.97 Å². The number of benzene rings is 1. The van der Waals surface area contributed by atoms with E-state index in [0.717, 1.165) is 11.3 Å². The maximum atomic E-state index is 10.5. The minimum absolute atomic E-state index is 0.567. The Morgan fingerprint density at radius 1 is 1.47 bits per heavy atom. The number of carboxylic acid groups (broad SMARTS) is 1. The van der Waals surface area contributed by atoms with Gasteiger partial charge in [0, 0.05) is 11.6 Å². The number of carbonyl (C=O) groups is 1. The number of ether oxygens (including phenoxy) is 1. The largest absolute Gasteiger partial charge is 0.493 e. The summed E-state index contributed by atoms with van der Waals surface area (Å²) in [5.74, 6) is -0.228. The van der Waals surface area contributed by atoms with Gasteiger partial charge in [-0.1, -0.05) is 18.2 Å². The zero-order valence-electron chi connectivity index (χ0n) is 8.86. The number of para-hydroxylation sites is 1. The summed E-state index contributed by atoms with van der Waals surface area (Å²) >= 11 is 0. The van der Waals surface area contributed by atoms with E-state index in [4.69, 9.17) is 9.84 Å². The molecule has 0 heterocycles. The van der Waals surface area contributed by atoms with Crippen molar-refractivity contribution >= 4 is 11.5 Å². The van der Waals surface area contributed by atoms with E-state index in [-0.39, 0.29) is 0 Å². The standard InChI is InChI=1S/C12H14O3/c1-3-15-11-7-5-4-6-10(11)9(2)8-12(13)14/h4-8H,3H2,1-2H3,(H,13,14)/b9-8+. The molecule has 0 spiro atoms. The predicted molar refractivity (Wildman–Crippen MR) is 58.9 cm³/mol. The van der Waals surface area contributed by atoms with Crippen molar-refractivity contribution < 1.29 is 14.6 Å². The van der Waals surface area contributed by atoms with Crippen molar-refractivity contribution in [1.82, 2.24) is 0 Å². The van der Waals surface area contributed by atoms with Crippen LogP contribution in [-0.4, -0.2) is 17.7 Å². The molecule has 0 radical (unpaired) electrons. The van der Waals surface area contributed by atoms with E-state index in [1.165, 1.54) is 6.08 Å². The lowest BCUT2D eigenvalue weighted by Crippen LogP contribution is -1.96. The number of allylic oxidation sites excluding steroid dienone is 1. The van der Waals surface area contributed by atoms with E-state index in [2.05, 4.69) is 0 Å². The summed E-state index contributed by atoms with van der Waals surface area (Å²) in [5.41, 5.74) is 1.51. The Kier molecular flexibility index (Phi) is 3.92. The fourth-order valence-corrected chi connectivity index (χ4v) is 1.34. The Morgan fingerprint density at radius 3 is 2.73 bits per heavy atom. The highest BCUT2D eigenvalue weighted by atomic mass is 16.5. The molecule has 0 saturated carbocycles. The first-order chi connectivity index (χ1) is 7.15. The third-order valence-electron chi connectivity index (χ3n) is 1.95. The highest BCUT2D eigenvalue weighted by Gasteiger charge is 2.05.